The van der Waals surface area contributed by atoms with Gasteiger partial charge in [-0.1, -0.05) is 13.8 Å². The van der Waals surface area contributed by atoms with E-state index in [4.69, 9.17) is 5.73 Å². The van der Waals surface area contributed by atoms with Gasteiger partial charge >= 0.3 is 0 Å². The van der Waals surface area contributed by atoms with Crippen LogP contribution in [0.5, 0.6) is 5.75 Å². The Hall–Kier alpha value is -1.97. The van der Waals surface area contributed by atoms with Crippen molar-refractivity contribution < 1.29 is 5.11 Å². The van der Waals surface area contributed by atoms with Crippen molar-refractivity contribution in [1.82, 2.24) is 9.97 Å². The van der Waals surface area contributed by atoms with Gasteiger partial charge in [-0.3, -0.25) is 0 Å². The number of imidazole rings is 1. The maximum atomic E-state index is 9.40. The Bertz CT molecular complexity index is 544. The Morgan fingerprint density at radius 2 is 2.06 bits per heavy atom. The number of anilines is 1. The van der Waals surface area contributed by atoms with E-state index in [1.165, 1.54) is 0 Å². The largest absolute Gasteiger partial charge is 0.506 e. The molecular weight excluding hydrogens is 214 g/mol. The van der Waals surface area contributed by atoms with Crippen LogP contribution in [0.4, 0.5) is 5.69 Å². The van der Waals surface area contributed by atoms with Crippen LogP contribution in [-0.4, -0.2) is 15.1 Å². The van der Waals surface area contributed by atoms with E-state index < -0.39 is 0 Å². The molecule has 90 valence electrons. The molecule has 1 heterocycles. The van der Waals surface area contributed by atoms with Gasteiger partial charge in [0.25, 0.3) is 0 Å². The molecule has 0 amide bonds. The van der Waals surface area contributed by atoms with Crippen molar-refractivity contribution in [2.75, 3.05) is 5.73 Å². The molecular formula is C13H17N3O. The van der Waals surface area contributed by atoms with Crippen LogP contribution in [0.1, 0.15) is 31.3 Å². The zero-order valence-electron chi connectivity index (χ0n) is 10.3. The maximum absolute atomic E-state index is 9.40. The molecule has 0 fully saturated rings. The monoisotopic (exact) mass is 231 g/mol. The van der Waals surface area contributed by atoms with Crippen LogP contribution in [0.15, 0.2) is 18.2 Å². The lowest BCUT2D eigenvalue weighted by Crippen LogP contribution is -1.90. The van der Waals surface area contributed by atoms with Crippen molar-refractivity contribution in [2.45, 2.75) is 26.7 Å². The molecule has 0 aliphatic rings. The first-order chi connectivity index (χ1) is 7.99. The molecule has 4 nitrogen and oxygen atoms in total. The SMILES string of the molecule is Cc1[nH]c(C(C)C)nc1-c1ccc(O)c(N)c1. The van der Waals surface area contributed by atoms with Crippen molar-refractivity contribution in [1.29, 1.82) is 0 Å². The van der Waals surface area contributed by atoms with Crippen LogP contribution in [-0.2, 0) is 0 Å². The molecule has 2 rings (SSSR count). The lowest BCUT2D eigenvalue weighted by atomic mass is 10.1. The molecule has 0 unspecified atom stereocenters. The molecule has 0 atom stereocenters. The number of hydrogen-bond donors (Lipinski definition) is 3. The summed E-state index contributed by atoms with van der Waals surface area (Å²) in [7, 11) is 0. The van der Waals surface area contributed by atoms with Crippen molar-refractivity contribution in [3.63, 3.8) is 0 Å². The number of phenolic OH excluding ortho intramolecular Hbond substituents is 1. The van der Waals surface area contributed by atoms with Gasteiger partial charge in [0.2, 0.25) is 0 Å². The normalized spacial score (nSPS) is 11.1. The highest BCUT2D eigenvalue weighted by molar-refractivity contribution is 5.69. The highest BCUT2D eigenvalue weighted by Crippen LogP contribution is 2.29. The predicted molar refractivity (Wildman–Crippen MR) is 68.9 cm³/mol. The summed E-state index contributed by atoms with van der Waals surface area (Å²) >= 11 is 0. The molecule has 4 N–H and O–H groups in total. The zero-order chi connectivity index (χ0) is 12.6. The van der Waals surface area contributed by atoms with Gasteiger partial charge in [-0.25, -0.2) is 4.98 Å². The van der Waals surface area contributed by atoms with Gasteiger partial charge in [-0.05, 0) is 25.1 Å². The Morgan fingerprint density at radius 1 is 1.35 bits per heavy atom. The minimum Gasteiger partial charge on any atom is -0.506 e. The van der Waals surface area contributed by atoms with Crippen molar-refractivity contribution in [2.24, 2.45) is 0 Å². The number of nitrogens with zero attached hydrogens (tertiary/aromatic N) is 1. The summed E-state index contributed by atoms with van der Waals surface area (Å²) < 4.78 is 0. The number of aromatic amines is 1. The first kappa shape index (κ1) is 11.5. The second-order valence-electron chi connectivity index (χ2n) is 4.52. The second kappa shape index (κ2) is 4.13. The minimum absolute atomic E-state index is 0.103. The smallest absolute Gasteiger partial charge is 0.138 e. The molecule has 2 aromatic rings. The van der Waals surface area contributed by atoms with E-state index in [9.17, 15) is 5.11 Å². The van der Waals surface area contributed by atoms with E-state index in [2.05, 4.69) is 23.8 Å². The number of nitrogens with two attached hydrogens (primary N) is 1. The molecule has 0 aliphatic carbocycles. The number of hydrogen-bond acceptors (Lipinski definition) is 3. The van der Waals surface area contributed by atoms with Gasteiger partial charge in [0.1, 0.15) is 11.6 Å². The number of H-pyrrole nitrogens is 1. The van der Waals surface area contributed by atoms with Crippen molar-refractivity contribution in [3.05, 3.63) is 29.7 Å². The lowest BCUT2D eigenvalue weighted by molar-refractivity contribution is 0.478. The number of nitrogen functional groups attached to an aromatic ring is 1. The Kier molecular flexibility index (Phi) is 2.79. The summed E-state index contributed by atoms with van der Waals surface area (Å²) in [6.07, 6.45) is 0. The number of nitrogens with one attached hydrogen (secondary N) is 1. The Labute approximate surface area is 101 Å². The third-order valence-electron chi connectivity index (χ3n) is 2.75. The Balaban J connectivity index is 2.49. The van der Waals surface area contributed by atoms with Crippen LogP contribution in [0.3, 0.4) is 0 Å². The first-order valence-corrected chi connectivity index (χ1v) is 5.64. The van der Waals surface area contributed by atoms with Gasteiger partial charge < -0.3 is 15.8 Å². The van der Waals surface area contributed by atoms with E-state index >= 15 is 0 Å². The highest BCUT2D eigenvalue weighted by Gasteiger charge is 2.12. The second-order valence-corrected chi connectivity index (χ2v) is 4.52. The fourth-order valence-corrected chi connectivity index (χ4v) is 1.74. The quantitative estimate of drug-likeness (QED) is 0.549. The summed E-state index contributed by atoms with van der Waals surface area (Å²) in [5, 5.41) is 9.40. The number of aromatic hydroxyl groups is 1. The van der Waals surface area contributed by atoms with E-state index in [0.29, 0.717) is 11.6 Å². The molecule has 0 aliphatic heterocycles. The fraction of sp³-hybridized carbons (Fsp3) is 0.308. The van der Waals surface area contributed by atoms with Crippen LogP contribution in [0.2, 0.25) is 0 Å². The predicted octanol–water partition coefficient (Wildman–Crippen LogP) is 2.80. The summed E-state index contributed by atoms with van der Waals surface area (Å²) in [5.41, 5.74) is 8.88. The van der Waals surface area contributed by atoms with Gasteiger partial charge in [-0.2, -0.15) is 0 Å². The topological polar surface area (TPSA) is 74.9 Å². The van der Waals surface area contributed by atoms with E-state index in [1.807, 2.05) is 13.0 Å². The fourth-order valence-electron chi connectivity index (χ4n) is 1.74. The summed E-state index contributed by atoms with van der Waals surface area (Å²) in [6, 6.07) is 5.15. The zero-order valence-corrected chi connectivity index (χ0v) is 10.3. The summed E-state index contributed by atoms with van der Waals surface area (Å²) in [5.74, 6) is 1.42. The third kappa shape index (κ3) is 2.11. The van der Waals surface area contributed by atoms with Gasteiger partial charge in [-0.15, -0.1) is 0 Å². The van der Waals surface area contributed by atoms with E-state index in [0.717, 1.165) is 22.8 Å². The number of aryl methyl sites for hydroxylation is 1. The number of phenols is 1. The van der Waals surface area contributed by atoms with Gasteiger partial charge in [0, 0.05) is 17.2 Å². The van der Waals surface area contributed by atoms with Crippen molar-refractivity contribution in [3.8, 4) is 17.0 Å². The molecule has 0 saturated carbocycles. The molecule has 1 aromatic carbocycles. The summed E-state index contributed by atoms with van der Waals surface area (Å²) in [6.45, 7) is 6.16. The number of rotatable bonds is 2. The number of benzene rings is 1. The molecule has 0 radical (unpaired) electrons. The van der Waals surface area contributed by atoms with Gasteiger partial charge in [0.15, 0.2) is 0 Å². The lowest BCUT2D eigenvalue weighted by Gasteiger charge is -2.02. The van der Waals surface area contributed by atoms with Crippen molar-refractivity contribution >= 4 is 5.69 Å². The molecule has 0 saturated heterocycles. The molecule has 4 heteroatoms. The average Bonchev–Trinajstić information content (AvgIpc) is 2.65. The average molecular weight is 231 g/mol. The summed E-state index contributed by atoms with van der Waals surface area (Å²) in [4.78, 5) is 7.82. The van der Waals surface area contributed by atoms with E-state index in [1.54, 1.807) is 12.1 Å². The first-order valence-electron chi connectivity index (χ1n) is 5.64. The van der Waals surface area contributed by atoms with Crippen LogP contribution in [0.25, 0.3) is 11.3 Å². The Morgan fingerprint density at radius 3 is 2.59 bits per heavy atom. The minimum atomic E-state index is 0.103. The standard InChI is InChI=1S/C13H17N3O/c1-7(2)13-15-8(3)12(16-13)9-4-5-11(17)10(14)6-9/h4-7,17H,14H2,1-3H3,(H,15,16). The maximum Gasteiger partial charge on any atom is 0.138 e. The van der Waals surface area contributed by atoms with Gasteiger partial charge in [0.05, 0.1) is 11.4 Å². The number of aromatic nitrogens is 2. The molecule has 0 spiro atoms. The van der Waals surface area contributed by atoms with Crippen LogP contribution < -0.4 is 5.73 Å². The highest BCUT2D eigenvalue weighted by atomic mass is 16.3. The van der Waals surface area contributed by atoms with Crippen LogP contribution in [0, 0.1) is 6.92 Å². The van der Waals surface area contributed by atoms with E-state index in [-0.39, 0.29) is 5.75 Å². The molecule has 1 aromatic heterocycles. The molecule has 17 heavy (non-hydrogen) atoms. The van der Waals surface area contributed by atoms with Crippen LogP contribution >= 0.6 is 0 Å². The third-order valence-corrected chi connectivity index (χ3v) is 2.75. The molecule has 0 bridgehead atoms.